The Hall–Kier alpha value is -1.87. The van der Waals surface area contributed by atoms with E-state index in [9.17, 15) is 18.3 Å². The van der Waals surface area contributed by atoms with Crippen molar-refractivity contribution in [2.45, 2.75) is 38.5 Å². The van der Waals surface area contributed by atoms with Gasteiger partial charge in [0.15, 0.2) is 5.82 Å². The van der Waals surface area contributed by atoms with Crippen LogP contribution in [0.4, 0.5) is 10.1 Å². The number of nitrogens with zero attached hydrogens (tertiary/aromatic N) is 1. The van der Waals surface area contributed by atoms with E-state index < -0.39 is 39.9 Å². The maximum Gasteiger partial charge on any atom is 0.326 e. The first-order valence-corrected chi connectivity index (χ1v) is 10.9. The number of fused-ring (bicyclic) bond motifs is 1. The third-order valence-electron chi connectivity index (χ3n) is 5.89. The molecule has 1 aromatic carbocycles. The van der Waals surface area contributed by atoms with Gasteiger partial charge in [-0.3, -0.25) is 4.79 Å². The van der Waals surface area contributed by atoms with Gasteiger partial charge in [-0.25, -0.2) is 13.4 Å². The van der Waals surface area contributed by atoms with E-state index in [1.165, 1.54) is 25.3 Å². The second kappa shape index (κ2) is 6.94. The van der Waals surface area contributed by atoms with Crippen LogP contribution in [0, 0.1) is 17.7 Å². The van der Waals surface area contributed by atoms with Crippen molar-refractivity contribution < 1.29 is 22.7 Å². The number of aryl methyl sites for hydroxylation is 1. The fraction of sp³-hybridized carbons (Fsp3) is 0.611. The quantitative estimate of drug-likeness (QED) is 0.694. The van der Waals surface area contributed by atoms with Gasteiger partial charge in [0.1, 0.15) is 18.0 Å². The molecule has 1 saturated carbocycles. The van der Waals surface area contributed by atoms with Crippen molar-refractivity contribution in [3.63, 3.8) is 0 Å². The first-order valence-electron chi connectivity index (χ1n) is 9.42. The van der Waals surface area contributed by atoms with E-state index >= 15 is 4.39 Å². The summed E-state index contributed by atoms with van der Waals surface area (Å²) in [6.45, 7) is 1.26. The van der Waals surface area contributed by atoms with Gasteiger partial charge in [0, 0.05) is 0 Å². The molecule has 4 rings (SSSR count). The molecule has 9 heteroatoms. The van der Waals surface area contributed by atoms with Gasteiger partial charge in [0.25, 0.3) is 5.91 Å². The van der Waals surface area contributed by atoms with Crippen LogP contribution in [0.1, 0.15) is 36.8 Å². The van der Waals surface area contributed by atoms with Crippen molar-refractivity contribution >= 4 is 21.8 Å². The minimum atomic E-state index is -4.17. The third-order valence-corrected chi connectivity index (χ3v) is 7.27. The number of carbonyl (C=O) groups excluding carboxylic acids is 1. The molecule has 2 aliphatic carbocycles. The zero-order valence-corrected chi connectivity index (χ0v) is 15.8. The Morgan fingerprint density at radius 1 is 1.26 bits per heavy atom. The predicted octanol–water partition coefficient (Wildman–Crippen LogP) is 1.21. The molecule has 1 atom stereocenters. The number of carbonyl (C=O) groups is 1. The molecule has 1 unspecified atom stereocenters. The van der Waals surface area contributed by atoms with Gasteiger partial charge in [-0.2, -0.15) is 8.42 Å². The van der Waals surface area contributed by atoms with Gasteiger partial charge in [0.2, 0.25) is 0 Å². The number of hydrogen-bond acceptors (Lipinski definition) is 5. The average molecular weight is 397 g/mol. The van der Waals surface area contributed by atoms with E-state index in [4.69, 9.17) is 0 Å². The Labute approximate surface area is 158 Å². The normalized spacial score (nSPS) is 24.4. The van der Waals surface area contributed by atoms with Crippen LogP contribution in [0.3, 0.4) is 0 Å². The highest BCUT2D eigenvalue weighted by Crippen LogP contribution is 2.40. The summed E-state index contributed by atoms with van der Waals surface area (Å²) in [5.41, 5.74) is 0.717. The molecular weight excluding hydrogens is 373 g/mol. The second-order valence-corrected chi connectivity index (χ2v) is 9.39. The van der Waals surface area contributed by atoms with Crippen LogP contribution in [-0.2, 0) is 27.8 Å². The fourth-order valence-electron chi connectivity index (χ4n) is 4.16. The monoisotopic (exact) mass is 397 g/mol. The van der Waals surface area contributed by atoms with Gasteiger partial charge in [-0.1, -0.05) is 6.42 Å². The van der Waals surface area contributed by atoms with Crippen LogP contribution in [0.25, 0.3) is 0 Å². The zero-order chi connectivity index (χ0) is 19.2. The Morgan fingerprint density at radius 2 is 2.00 bits per heavy atom. The van der Waals surface area contributed by atoms with Gasteiger partial charge in [-0.05, 0) is 74.2 Å². The summed E-state index contributed by atoms with van der Waals surface area (Å²) in [5.74, 6) is -0.919. The summed E-state index contributed by atoms with van der Waals surface area (Å²) in [6.07, 6.45) is 5.87. The number of phenols is 1. The van der Waals surface area contributed by atoms with E-state index in [1.807, 2.05) is 0 Å². The number of benzene rings is 1. The van der Waals surface area contributed by atoms with E-state index in [2.05, 4.69) is 5.32 Å². The molecule has 1 aromatic rings. The number of aromatic hydroxyl groups is 1. The first-order chi connectivity index (χ1) is 12.8. The van der Waals surface area contributed by atoms with Crippen LogP contribution in [-0.4, -0.2) is 39.1 Å². The van der Waals surface area contributed by atoms with Crippen molar-refractivity contribution in [3.05, 3.63) is 23.0 Å². The first kappa shape index (κ1) is 18.5. The molecule has 1 heterocycles. The highest BCUT2D eigenvalue weighted by molar-refractivity contribution is 7.92. The summed E-state index contributed by atoms with van der Waals surface area (Å²) in [4.78, 5) is 11.5. The lowest BCUT2D eigenvalue weighted by Gasteiger charge is -2.30. The lowest BCUT2D eigenvalue weighted by molar-refractivity contribution is -0.117. The molecule has 2 fully saturated rings. The van der Waals surface area contributed by atoms with Crippen molar-refractivity contribution in [1.82, 2.24) is 10.0 Å². The third kappa shape index (κ3) is 3.50. The minimum Gasteiger partial charge on any atom is -0.506 e. The summed E-state index contributed by atoms with van der Waals surface area (Å²) in [7, 11) is -4.17. The molecule has 27 heavy (non-hydrogen) atoms. The molecule has 0 radical (unpaired) electrons. The van der Waals surface area contributed by atoms with E-state index in [1.54, 1.807) is 4.72 Å². The van der Waals surface area contributed by atoms with E-state index in [0.29, 0.717) is 28.3 Å². The molecule has 0 bridgehead atoms. The smallest absolute Gasteiger partial charge is 0.326 e. The van der Waals surface area contributed by atoms with Crippen LogP contribution >= 0.6 is 0 Å². The van der Waals surface area contributed by atoms with Crippen molar-refractivity contribution in [1.29, 1.82) is 0 Å². The SMILES string of the molecule is O=C1CN(c2c(O)cc3c(c2F)CC(CNCC2CCC2)CC3)S(=O)(=O)N1. The molecular formula is C18H24FN3O4S. The summed E-state index contributed by atoms with van der Waals surface area (Å²) in [6, 6.07) is 1.43. The molecule has 0 aromatic heterocycles. The molecule has 7 nitrogen and oxygen atoms in total. The largest absolute Gasteiger partial charge is 0.506 e. The number of rotatable bonds is 5. The fourth-order valence-corrected chi connectivity index (χ4v) is 5.32. The molecule has 1 amide bonds. The molecule has 1 aliphatic heterocycles. The predicted molar refractivity (Wildman–Crippen MR) is 98.2 cm³/mol. The highest BCUT2D eigenvalue weighted by Gasteiger charge is 2.39. The number of hydrogen-bond donors (Lipinski definition) is 3. The molecule has 3 aliphatic rings. The van der Waals surface area contributed by atoms with Gasteiger partial charge >= 0.3 is 10.2 Å². The van der Waals surface area contributed by atoms with Crippen LogP contribution < -0.4 is 14.3 Å². The maximum absolute atomic E-state index is 15.2. The van der Waals surface area contributed by atoms with Crippen molar-refractivity contribution in [2.75, 3.05) is 23.9 Å². The molecule has 148 valence electrons. The van der Waals surface area contributed by atoms with Crippen LogP contribution in [0.15, 0.2) is 6.07 Å². The average Bonchev–Trinajstić information content (AvgIpc) is 2.82. The molecule has 0 spiro atoms. The summed E-state index contributed by atoms with van der Waals surface area (Å²) >= 11 is 0. The zero-order valence-electron chi connectivity index (χ0n) is 15.0. The number of nitrogens with one attached hydrogen (secondary N) is 2. The highest BCUT2D eigenvalue weighted by atomic mass is 32.2. The summed E-state index contributed by atoms with van der Waals surface area (Å²) < 4.78 is 41.7. The standard InChI is InChI=1S/C18H24FN3O4S/c19-17-14-6-12(9-20-8-11-2-1-3-11)4-5-13(14)7-15(23)18(17)22-10-16(24)21-27(22,25)26/h7,11-12,20,23H,1-6,8-10H2,(H,21,24). The maximum atomic E-state index is 15.2. The lowest BCUT2D eigenvalue weighted by Crippen LogP contribution is -2.34. The Bertz CT molecular complexity index is 870. The van der Waals surface area contributed by atoms with Crippen molar-refractivity contribution in [3.8, 4) is 5.75 Å². The van der Waals surface area contributed by atoms with E-state index in [0.717, 1.165) is 25.4 Å². The Balaban J connectivity index is 1.54. The number of halogens is 1. The second-order valence-electron chi connectivity index (χ2n) is 7.80. The van der Waals surface area contributed by atoms with Gasteiger partial charge < -0.3 is 10.4 Å². The van der Waals surface area contributed by atoms with Crippen molar-refractivity contribution in [2.24, 2.45) is 11.8 Å². The van der Waals surface area contributed by atoms with Crippen LogP contribution in [0.2, 0.25) is 0 Å². The number of amides is 1. The van der Waals surface area contributed by atoms with Crippen LogP contribution in [0.5, 0.6) is 5.75 Å². The van der Waals surface area contributed by atoms with E-state index in [-0.39, 0.29) is 5.92 Å². The Kier molecular flexibility index (Phi) is 4.75. The topological polar surface area (TPSA) is 98.7 Å². The molecule has 1 saturated heterocycles. The molecule has 3 N–H and O–H groups in total. The van der Waals surface area contributed by atoms with Gasteiger partial charge in [-0.15, -0.1) is 0 Å². The number of anilines is 1. The van der Waals surface area contributed by atoms with Gasteiger partial charge in [0.05, 0.1) is 0 Å². The lowest BCUT2D eigenvalue weighted by atomic mass is 9.82. The number of phenolic OH excluding ortho intramolecular Hbond substituents is 1. The minimum absolute atomic E-state index is 0.263. The Morgan fingerprint density at radius 3 is 2.63 bits per heavy atom. The summed E-state index contributed by atoms with van der Waals surface area (Å²) in [5, 5.41) is 13.7.